The number of aliphatic imine (C=N–C) groups is 1. The summed E-state index contributed by atoms with van der Waals surface area (Å²) in [5, 5.41) is 4.94. The molecular formula is C8H11N3O2. The second-order valence-electron chi connectivity index (χ2n) is 2.93. The molecule has 1 aliphatic heterocycles. The van der Waals surface area contributed by atoms with E-state index in [1.54, 1.807) is 0 Å². The van der Waals surface area contributed by atoms with Gasteiger partial charge in [-0.05, 0) is 13.8 Å². The molecule has 3 amide bonds. The summed E-state index contributed by atoms with van der Waals surface area (Å²) < 4.78 is 0. The van der Waals surface area contributed by atoms with Crippen LogP contribution in [0.1, 0.15) is 13.8 Å². The molecule has 0 saturated carbocycles. The van der Waals surface area contributed by atoms with Crippen LogP contribution in [0, 0.1) is 0 Å². The summed E-state index contributed by atoms with van der Waals surface area (Å²) in [4.78, 5) is 25.2. The smallest absolute Gasteiger partial charge is 0.329 e. The monoisotopic (exact) mass is 181 g/mol. The number of carbonyl (C=O) groups is 2. The molecule has 1 rings (SSSR count). The normalized spacial score (nSPS) is 14.6. The summed E-state index contributed by atoms with van der Waals surface area (Å²) in [6, 6.07) is -0.410. The predicted molar refractivity (Wildman–Crippen MR) is 48.4 cm³/mol. The van der Waals surface area contributed by atoms with Crippen LogP contribution in [0.2, 0.25) is 0 Å². The third-order valence-electron chi connectivity index (χ3n) is 1.33. The molecule has 0 atom stereocenters. The Balaban J connectivity index is 2.51. The van der Waals surface area contributed by atoms with E-state index >= 15 is 0 Å². The Morgan fingerprint density at radius 1 is 1.62 bits per heavy atom. The number of amidine groups is 1. The summed E-state index contributed by atoms with van der Waals surface area (Å²) in [5.41, 5.74) is 0.899. The highest BCUT2D eigenvalue weighted by atomic mass is 16.2. The number of amides is 3. The number of carbonyl (C=O) groups excluding carboxylic acids is 2. The van der Waals surface area contributed by atoms with E-state index in [1.807, 2.05) is 13.8 Å². The first kappa shape index (κ1) is 9.44. The van der Waals surface area contributed by atoms with Gasteiger partial charge in [0.15, 0.2) is 0 Å². The average Bonchev–Trinajstić information content (AvgIpc) is 2.33. The molecule has 0 fully saturated rings. The first-order valence-corrected chi connectivity index (χ1v) is 3.89. The molecule has 0 saturated heterocycles. The van der Waals surface area contributed by atoms with Gasteiger partial charge in [0.2, 0.25) is 5.91 Å². The molecule has 5 heteroatoms. The zero-order valence-electron chi connectivity index (χ0n) is 7.55. The lowest BCUT2D eigenvalue weighted by Gasteiger charge is -1.98. The molecule has 1 aliphatic rings. The van der Waals surface area contributed by atoms with Gasteiger partial charge in [0.05, 0.1) is 6.54 Å². The summed E-state index contributed by atoms with van der Waals surface area (Å²) in [7, 11) is 0. The largest absolute Gasteiger partial charge is 0.343 e. The van der Waals surface area contributed by atoms with Gasteiger partial charge in [-0.15, -0.1) is 0 Å². The van der Waals surface area contributed by atoms with Crippen LogP contribution in [0.3, 0.4) is 0 Å². The van der Waals surface area contributed by atoms with E-state index in [0.29, 0.717) is 12.4 Å². The van der Waals surface area contributed by atoms with E-state index in [2.05, 4.69) is 15.6 Å². The number of nitrogens with zero attached hydrogens (tertiary/aromatic N) is 1. The minimum atomic E-state index is -0.410. The number of nitrogens with one attached hydrogen (secondary N) is 2. The number of hydrogen-bond acceptors (Lipinski definition) is 2. The Morgan fingerprint density at radius 2 is 2.31 bits per heavy atom. The van der Waals surface area contributed by atoms with Gasteiger partial charge < -0.3 is 10.6 Å². The van der Waals surface area contributed by atoms with Crippen molar-refractivity contribution in [3.8, 4) is 0 Å². The first-order valence-electron chi connectivity index (χ1n) is 3.89. The Morgan fingerprint density at radius 3 is 2.77 bits per heavy atom. The molecular weight excluding hydrogens is 170 g/mol. The highest BCUT2D eigenvalue weighted by Crippen LogP contribution is 1.90. The van der Waals surface area contributed by atoms with Crippen LogP contribution in [-0.2, 0) is 4.79 Å². The quantitative estimate of drug-likeness (QED) is 0.567. The topological polar surface area (TPSA) is 70.6 Å². The first-order chi connectivity index (χ1) is 6.08. The fourth-order valence-corrected chi connectivity index (χ4v) is 0.874. The molecule has 0 aromatic heterocycles. The second-order valence-corrected chi connectivity index (χ2v) is 2.93. The van der Waals surface area contributed by atoms with Gasteiger partial charge in [0, 0.05) is 6.08 Å². The van der Waals surface area contributed by atoms with Crippen molar-refractivity contribution in [2.75, 3.05) is 6.54 Å². The molecule has 1 heterocycles. The summed E-state index contributed by atoms with van der Waals surface area (Å²) in [6.45, 7) is 3.93. The van der Waals surface area contributed by atoms with Crippen molar-refractivity contribution in [2.45, 2.75) is 13.8 Å². The number of urea groups is 1. The Labute approximate surface area is 75.9 Å². The van der Waals surface area contributed by atoms with Crippen LogP contribution >= 0.6 is 0 Å². The van der Waals surface area contributed by atoms with E-state index in [9.17, 15) is 9.59 Å². The van der Waals surface area contributed by atoms with Crippen molar-refractivity contribution in [2.24, 2.45) is 4.99 Å². The zero-order valence-corrected chi connectivity index (χ0v) is 7.55. The molecule has 0 unspecified atom stereocenters. The van der Waals surface area contributed by atoms with Gasteiger partial charge >= 0.3 is 6.03 Å². The predicted octanol–water partition coefficient (Wildman–Crippen LogP) is 0.191. The van der Waals surface area contributed by atoms with Crippen LogP contribution in [0.15, 0.2) is 16.6 Å². The van der Waals surface area contributed by atoms with Crippen molar-refractivity contribution in [3.63, 3.8) is 0 Å². The third-order valence-corrected chi connectivity index (χ3v) is 1.33. The van der Waals surface area contributed by atoms with E-state index in [-0.39, 0.29) is 5.91 Å². The highest BCUT2D eigenvalue weighted by molar-refractivity contribution is 6.10. The van der Waals surface area contributed by atoms with Crippen molar-refractivity contribution < 1.29 is 9.59 Å². The number of rotatable bonds is 1. The lowest BCUT2D eigenvalue weighted by molar-refractivity contribution is -0.115. The number of allylic oxidation sites excluding steroid dienone is 1. The molecule has 0 bridgehead atoms. The van der Waals surface area contributed by atoms with E-state index in [1.165, 1.54) is 6.08 Å². The number of hydrogen-bond donors (Lipinski definition) is 2. The molecule has 70 valence electrons. The average molecular weight is 181 g/mol. The second kappa shape index (κ2) is 3.84. The van der Waals surface area contributed by atoms with Crippen LogP contribution < -0.4 is 10.6 Å². The van der Waals surface area contributed by atoms with Gasteiger partial charge in [-0.1, -0.05) is 5.57 Å². The Kier molecular flexibility index (Phi) is 2.79. The van der Waals surface area contributed by atoms with Crippen molar-refractivity contribution in [1.29, 1.82) is 0 Å². The lowest BCUT2D eigenvalue weighted by atomic mass is 10.3. The molecule has 5 nitrogen and oxygen atoms in total. The molecule has 0 spiro atoms. The maximum absolute atomic E-state index is 11.1. The van der Waals surface area contributed by atoms with E-state index < -0.39 is 6.03 Å². The summed E-state index contributed by atoms with van der Waals surface area (Å²) in [5.74, 6) is 0.114. The van der Waals surface area contributed by atoms with Crippen molar-refractivity contribution in [1.82, 2.24) is 10.6 Å². The van der Waals surface area contributed by atoms with Gasteiger partial charge in [0.1, 0.15) is 5.84 Å². The maximum atomic E-state index is 11.1. The zero-order chi connectivity index (χ0) is 9.84. The maximum Gasteiger partial charge on any atom is 0.343 e. The minimum absolute atomic E-state index is 0.254. The fraction of sp³-hybridized carbons (Fsp3) is 0.375. The minimum Gasteiger partial charge on any atom is -0.329 e. The molecule has 2 N–H and O–H groups in total. The van der Waals surface area contributed by atoms with Gasteiger partial charge in [-0.3, -0.25) is 4.79 Å². The molecule has 0 aromatic rings. The van der Waals surface area contributed by atoms with Crippen molar-refractivity contribution in [3.05, 3.63) is 11.6 Å². The van der Waals surface area contributed by atoms with Crippen LogP contribution in [0.4, 0.5) is 4.79 Å². The van der Waals surface area contributed by atoms with Crippen LogP contribution in [0.5, 0.6) is 0 Å². The fourth-order valence-electron chi connectivity index (χ4n) is 0.874. The van der Waals surface area contributed by atoms with E-state index in [4.69, 9.17) is 0 Å². The highest BCUT2D eigenvalue weighted by Gasteiger charge is 2.13. The van der Waals surface area contributed by atoms with E-state index in [0.717, 1.165) is 5.57 Å². The lowest BCUT2D eigenvalue weighted by Crippen LogP contribution is -2.32. The molecule has 0 aliphatic carbocycles. The Hall–Kier alpha value is -1.65. The standard InChI is InChI=1S/C8H11N3O2/c1-5(2)3-7(12)10-6-4-9-8(13)11-6/h3H,4H2,1-2H3,(H2,9,10,11,12,13). The summed E-state index contributed by atoms with van der Waals surface area (Å²) in [6.07, 6.45) is 1.45. The van der Waals surface area contributed by atoms with Crippen LogP contribution in [-0.4, -0.2) is 24.3 Å². The van der Waals surface area contributed by atoms with Gasteiger partial charge in [-0.25, -0.2) is 4.79 Å². The Bertz CT molecular complexity index is 301. The molecule has 0 aromatic carbocycles. The van der Waals surface area contributed by atoms with Gasteiger partial charge in [-0.2, -0.15) is 4.99 Å². The van der Waals surface area contributed by atoms with Gasteiger partial charge in [0.25, 0.3) is 0 Å². The molecule has 0 radical (unpaired) electrons. The third kappa shape index (κ3) is 3.06. The van der Waals surface area contributed by atoms with Crippen molar-refractivity contribution >= 4 is 17.8 Å². The van der Waals surface area contributed by atoms with Crippen LogP contribution in [0.25, 0.3) is 0 Å². The SMILES string of the molecule is CC(C)=CC(=O)NC1=NC(=O)NC1. The summed E-state index contributed by atoms with van der Waals surface area (Å²) >= 11 is 0. The molecule has 13 heavy (non-hydrogen) atoms.